The Morgan fingerprint density at radius 1 is 0.538 bits per heavy atom. The van der Waals surface area contributed by atoms with Gasteiger partial charge in [-0.1, -0.05) is 38.1 Å². The fraction of sp³-hybridized carbons (Fsp3) is 0.415. The number of hydrogen-bond donors (Lipinski definition) is 2. The maximum absolute atomic E-state index is 11.1. The van der Waals surface area contributed by atoms with E-state index in [1.807, 2.05) is 43.3 Å². The normalized spacial score (nSPS) is 21.5. The molecule has 11 heteroatoms. The standard InChI is InChI=1S/C41H48O11/c1-22-23(2)41(29-12-16-33(36(20-29)47-8)51-25(4)39(43)27-10-14-31-37(18-27)49-21-48-31)52-40(22)28-11-15-32(35(19-28)46-7)50-24(3)38(42)26-9-13-30(44-5)34(17-26)45-6/h9-20,22-25,38-43H,21H2,1-8H3/t22-,23-,24+,25-,38+,39+,40+,41-/m1/s1. The maximum Gasteiger partial charge on any atom is 0.231 e. The zero-order valence-corrected chi connectivity index (χ0v) is 30.8. The van der Waals surface area contributed by atoms with E-state index < -0.39 is 24.4 Å². The van der Waals surface area contributed by atoms with Gasteiger partial charge in [0.25, 0.3) is 0 Å². The van der Waals surface area contributed by atoms with Gasteiger partial charge in [0.1, 0.15) is 24.4 Å². The molecule has 0 spiro atoms. The highest BCUT2D eigenvalue weighted by molar-refractivity contribution is 5.48. The van der Waals surface area contributed by atoms with Crippen molar-refractivity contribution < 1.29 is 52.8 Å². The van der Waals surface area contributed by atoms with Crippen molar-refractivity contribution in [3.8, 4) is 46.0 Å². The van der Waals surface area contributed by atoms with Crippen molar-refractivity contribution in [2.75, 3.05) is 35.2 Å². The number of aliphatic hydroxyl groups is 2. The van der Waals surface area contributed by atoms with Crippen molar-refractivity contribution in [3.05, 3.63) is 95.1 Å². The predicted molar refractivity (Wildman–Crippen MR) is 193 cm³/mol. The van der Waals surface area contributed by atoms with Crippen LogP contribution < -0.4 is 37.9 Å². The van der Waals surface area contributed by atoms with E-state index in [1.165, 1.54) is 0 Å². The minimum atomic E-state index is -0.930. The fourth-order valence-electron chi connectivity index (χ4n) is 6.84. The third kappa shape index (κ3) is 7.39. The highest BCUT2D eigenvalue weighted by Crippen LogP contribution is 2.51. The summed E-state index contributed by atoms with van der Waals surface area (Å²) in [6, 6.07) is 22.2. The van der Waals surface area contributed by atoms with E-state index in [4.69, 9.17) is 42.6 Å². The molecular weight excluding hydrogens is 668 g/mol. The third-order valence-electron chi connectivity index (χ3n) is 10.1. The molecule has 0 amide bonds. The monoisotopic (exact) mass is 716 g/mol. The fourth-order valence-corrected chi connectivity index (χ4v) is 6.84. The Bertz CT molecular complexity index is 1840. The van der Waals surface area contributed by atoms with Crippen LogP contribution in [0.25, 0.3) is 0 Å². The predicted octanol–water partition coefficient (Wildman–Crippen LogP) is 7.54. The molecule has 1 fully saturated rings. The summed E-state index contributed by atoms with van der Waals surface area (Å²) >= 11 is 0. The molecule has 0 unspecified atom stereocenters. The van der Waals surface area contributed by atoms with E-state index in [9.17, 15) is 10.2 Å². The van der Waals surface area contributed by atoms with Crippen LogP contribution in [0.2, 0.25) is 0 Å². The molecule has 2 aliphatic rings. The molecule has 11 nitrogen and oxygen atoms in total. The number of ether oxygens (including phenoxy) is 9. The first-order valence-corrected chi connectivity index (χ1v) is 17.4. The molecule has 4 aromatic rings. The lowest BCUT2D eigenvalue weighted by molar-refractivity contribution is 0.0281. The van der Waals surface area contributed by atoms with E-state index >= 15 is 0 Å². The Morgan fingerprint density at radius 3 is 1.50 bits per heavy atom. The first-order valence-electron chi connectivity index (χ1n) is 17.4. The maximum atomic E-state index is 11.1. The van der Waals surface area contributed by atoms with Gasteiger partial charge in [0.2, 0.25) is 6.79 Å². The summed E-state index contributed by atoms with van der Waals surface area (Å²) in [5, 5.41) is 22.2. The zero-order valence-electron chi connectivity index (χ0n) is 30.8. The van der Waals surface area contributed by atoms with Crippen LogP contribution in [-0.2, 0) is 4.74 Å². The molecule has 0 bridgehead atoms. The molecule has 0 aliphatic carbocycles. The quantitative estimate of drug-likeness (QED) is 0.135. The number of rotatable bonds is 14. The van der Waals surface area contributed by atoms with Crippen molar-refractivity contribution in [2.24, 2.45) is 11.8 Å². The highest BCUT2D eigenvalue weighted by atomic mass is 16.7. The summed E-state index contributed by atoms with van der Waals surface area (Å²) < 4.78 is 52.3. The Morgan fingerprint density at radius 2 is 0.981 bits per heavy atom. The van der Waals surface area contributed by atoms with Gasteiger partial charge in [-0.3, -0.25) is 0 Å². The van der Waals surface area contributed by atoms with Crippen LogP contribution in [0.15, 0.2) is 72.8 Å². The smallest absolute Gasteiger partial charge is 0.231 e. The third-order valence-corrected chi connectivity index (χ3v) is 10.1. The van der Waals surface area contributed by atoms with Gasteiger partial charge in [0, 0.05) is 0 Å². The van der Waals surface area contributed by atoms with Crippen LogP contribution >= 0.6 is 0 Å². The number of fused-ring (bicyclic) bond motifs is 1. The van der Waals surface area contributed by atoms with Crippen molar-refractivity contribution in [3.63, 3.8) is 0 Å². The molecule has 6 rings (SSSR count). The van der Waals surface area contributed by atoms with Crippen molar-refractivity contribution >= 4 is 0 Å². The van der Waals surface area contributed by atoms with Gasteiger partial charge >= 0.3 is 0 Å². The summed E-state index contributed by atoms with van der Waals surface area (Å²) in [4.78, 5) is 0. The van der Waals surface area contributed by atoms with Gasteiger partial charge in [-0.05, 0) is 96.5 Å². The number of aliphatic hydroxyl groups excluding tert-OH is 2. The molecule has 4 aromatic carbocycles. The SMILES string of the molecule is COc1ccc([C@@H](O)[C@H](C)Oc2ccc([C@H]3O[C@@H](c4ccc(O[C@H](C)[C@H](O)c5ccc6c(c5)OCO6)c(OC)c4)[C@H](C)[C@H]3C)cc2OC)cc1OC. The summed E-state index contributed by atoms with van der Waals surface area (Å²) in [7, 11) is 6.31. The van der Waals surface area contributed by atoms with Crippen LogP contribution in [0.1, 0.15) is 74.4 Å². The molecule has 1 saturated heterocycles. The second kappa shape index (κ2) is 15.8. The van der Waals surface area contributed by atoms with Gasteiger partial charge in [0.05, 0.1) is 40.6 Å². The lowest BCUT2D eigenvalue weighted by Crippen LogP contribution is -2.22. The highest BCUT2D eigenvalue weighted by Gasteiger charge is 2.41. The minimum absolute atomic E-state index is 0.164. The van der Waals surface area contributed by atoms with Crippen LogP contribution in [0.4, 0.5) is 0 Å². The molecule has 278 valence electrons. The van der Waals surface area contributed by atoms with E-state index in [0.717, 1.165) is 11.1 Å². The van der Waals surface area contributed by atoms with Crippen LogP contribution in [0.5, 0.6) is 46.0 Å². The van der Waals surface area contributed by atoms with E-state index in [0.29, 0.717) is 57.1 Å². The van der Waals surface area contributed by atoms with E-state index in [1.54, 1.807) is 71.8 Å². The molecule has 0 radical (unpaired) electrons. The summed E-state index contributed by atoms with van der Waals surface area (Å²) in [5.74, 6) is 4.80. The first-order chi connectivity index (χ1) is 25.1. The average molecular weight is 717 g/mol. The Kier molecular flexibility index (Phi) is 11.2. The van der Waals surface area contributed by atoms with Crippen molar-refractivity contribution in [2.45, 2.75) is 64.3 Å². The first kappa shape index (κ1) is 36.9. The molecular formula is C41H48O11. The second-order valence-corrected chi connectivity index (χ2v) is 13.3. The van der Waals surface area contributed by atoms with Gasteiger partial charge in [0.15, 0.2) is 46.0 Å². The van der Waals surface area contributed by atoms with E-state index in [2.05, 4.69) is 13.8 Å². The molecule has 0 saturated carbocycles. The van der Waals surface area contributed by atoms with Gasteiger partial charge in [-0.25, -0.2) is 0 Å². The number of hydrogen-bond acceptors (Lipinski definition) is 11. The van der Waals surface area contributed by atoms with Gasteiger partial charge in [-0.2, -0.15) is 0 Å². The van der Waals surface area contributed by atoms with Gasteiger partial charge < -0.3 is 52.8 Å². The summed E-state index contributed by atoms with van der Waals surface area (Å²) in [5.41, 5.74) is 3.22. The molecule has 2 N–H and O–H groups in total. The zero-order chi connectivity index (χ0) is 37.1. The van der Waals surface area contributed by atoms with Crippen molar-refractivity contribution in [1.82, 2.24) is 0 Å². The van der Waals surface area contributed by atoms with Gasteiger partial charge in [-0.15, -0.1) is 0 Å². The summed E-state index contributed by atoms with van der Waals surface area (Å²) in [6.45, 7) is 8.14. The average Bonchev–Trinajstić information content (AvgIpc) is 3.77. The number of methoxy groups -OCH3 is 4. The minimum Gasteiger partial charge on any atom is -0.493 e. The molecule has 8 atom stereocenters. The Hall–Kier alpha value is -4.84. The van der Waals surface area contributed by atoms with Crippen LogP contribution in [-0.4, -0.2) is 57.7 Å². The molecule has 52 heavy (non-hydrogen) atoms. The number of benzene rings is 4. The van der Waals surface area contributed by atoms with Crippen LogP contribution in [0, 0.1) is 11.8 Å². The largest absolute Gasteiger partial charge is 0.493 e. The molecule has 0 aromatic heterocycles. The van der Waals surface area contributed by atoms with Crippen LogP contribution in [0.3, 0.4) is 0 Å². The summed E-state index contributed by atoms with van der Waals surface area (Å²) in [6.07, 6.45) is -3.43. The molecule has 2 heterocycles. The molecule has 2 aliphatic heterocycles. The Labute approximate surface area is 304 Å². The Balaban J connectivity index is 1.14. The second-order valence-electron chi connectivity index (χ2n) is 13.3. The lowest BCUT2D eigenvalue weighted by atomic mass is 9.85. The van der Waals surface area contributed by atoms with Crippen molar-refractivity contribution in [1.29, 1.82) is 0 Å². The topological polar surface area (TPSA) is 124 Å². The lowest BCUT2D eigenvalue weighted by Gasteiger charge is -2.24. The van der Waals surface area contributed by atoms with E-state index in [-0.39, 0.29) is 30.8 Å².